The molecule has 0 spiro atoms. The summed E-state index contributed by atoms with van der Waals surface area (Å²) in [5.41, 5.74) is 3.31. The van der Waals surface area contributed by atoms with Gasteiger partial charge in [0.1, 0.15) is 5.82 Å². The first-order chi connectivity index (χ1) is 13.6. The molecule has 4 rings (SSSR count). The maximum atomic E-state index is 13.1. The number of hydrogen-bond acceptors (Lipinski definition) is 2. The Balaban J connectivity index is 1.41. The van der Waals surface area contributed by atoms with Crippen LogP contribution < -0.4 is 10.2 Å². The zero-order valence-corrected chi connectivity index (χ0v) is 15.1. The number of nitrogens with zero attached hydrogens (tertiary/aromatic N) is 1. The summed E-state index contributed by atoms with van der Waals surface area (Å²) in [6.45, 7) is 0.373. The van der Waals surface area contributed by atoms with Crippen molar-refractivity contribution in [3.63, 3.8) is 0 Å². The van der Waals surface area contributed by atoms with Gasteiger partial charge in [-0.15, -0.1) is 0 Å². The molecule has 1 heterocycles. The lowest BCUT2D eigenvalue weighted by atomic mass is 10.0. The molecule has 4 nitrogen and oxygen atoms in total. The molecule has 0 saturated carbocycles. The average molecular weight is 374 g/mol. The molecule has 0 aromatic heterocycles. The molecular formula is C23H19FN2O2. The number of benzene rings is 3. The molecule has 1 N–H and O–H groups in total. The molecule has 5 heteroatoms. The van der Waals surface area contributed by atoms with Gasteiger partial charge in [0, 0.05) is 24.2 Å². The van der Waals surface area contributed by atoms with Crippen LogP contribution in [0.25, 0.3) is 11.1 Å². The van der Waals surface area contributed by atoms with Gasteiger partial charge in [-0.2, -0.15) is 0 Å². The van der Waals surface area contributed by atoms with Crippen molar-refractivity contribution in [1.82, 2.24) is 5.32 Å². The minimum atomic E-state index is -0.348. The molecule has 1 unspecified atom stereocenters. The number of hydrogen-bond donors (Lipinski definition) is 1. The van der Waals surface area contributed by atoms with Crippen LogP contribution in [-0.2, 0) is 4.79 Å². The largest absolute Gasteiger partial charge is 0.347 e. The van der Waals surface area contributed by atoms with Crippen LogP contribution in [0, 0.1) is 5.82 Å². The first kappa shape index (κ1) is 17.9. The van der Waals surface area contributed by atoms with E-state index >= 15 is 0 Å². The maximum Gasteiger partial charge on any atom is 0.251 e. The summed E-state index contributed by atoms with van der Waals surface area (Å²) in [5, 5.41) is 2.92. The molecule has 3 aromatic rings. The van der Waals surface area contributed by atoms with Gasteiger partial charge < -0.3 is 10.2 Å². The number of carbonyl (C=O) groups is 2. The van der Waals surface area contributed by atoms with Gasteiger partial charge in [0.25, 0.3) is 5.91 Å². The van der Waals surface area contributed by atoms with E-state index in [1.54, 1.807) is 29.2 Å². The summed E-state index contributed by atoms with van der Waals surface area (Å²) in [5.74, 6) is -0.645. The molecule has 0 aliphatic carbocycles. The summed E-state index contributed by atoms with van der Waals surface area (Å²) in [7, 11) is 0. The number of anilines is 1. The van der Waals surface area contributed by atoms with E-state index in [1.165, 1.54) is 12.1 Å². The van der Waals surface area contributed by atoms with E-state index in [9.17, 15) is 14.0 Å². The Morgan fingerprint density at radius 1 is 0.893 bits per heavy atom. The second kappa shape index (κ2) is 7.64. The third-order valence-electron chi connectivity index (χ3n) is 4.85. The highest BCUT2D eigenvalue weighted by atomic mass is 19.1. The Hall–Kier alpha value is -3.47. The smallest absolute Gasteiger partial charge is 0.251 e. The van der Waals surface area contributed by atoms with Gasteiger partial charge in [-0.25, -0.2) is 4.39 Å². The minimum absolute atomic E-state index is 0.0867. The number of nitrogens with one attached hydrogen (secondary N) is 1. The fourth-order valence-corrected chi connectivity index (χ4v) is 3.39. The fraction of sp³-hybridized carbons (Fsp3) is 0.130. The second-order valence-electron chi connectivity index (χ2n) is 6.80. The molecule has 140 valence electrons. The summed E-state index contributed by atoms with van der Waals surface area (Å²) < 4.78 is 13.1. The highest BCUT2D eigenvalue weighted by Crippen LogP contribution is 2.23. The van der Waals surface area contributed by atoms with E-state index < -0.39 is 0 Å². The second-order valence-corrected chi connectivity index (χ2v) is 6.80. The number of rotatable bonds is 4. The highest BCUT2D eigenvalue weighted by Gasteiger charge is 2.31. The molecule has 0 bridgehead atoms. The van der Waals surface area contributed by atoms with Gasteiger partial charge in [0.15, 0.2) is 0 Å². The third-order valence-corrected chi connectivity index (χ3v) is 4.85. The van der Waals surface area contributed by atoms with E-state index in [4.69, 9.17) is 0 Å². The SMILES string of the molecule is O=C(NC1CC(=O)N(c2ccc(F)cc2)C1)c1ccc(-c2ccccc2)cc1. The summed E-state index contributed by atoms with van der Waals surface area (Å²) >= 11 is 0. The monoisotopic (exact) mass is 374 g/mol. The Morgan fingerprint density at radius 2 is 1.54 bits per heavy atom. The first-order valence-electron chi connectivity index (χ1n) is 9.12. The van der Waals surface area contributed by atoms with Crippen LogP contribution in [0.15, 0.2) is 78.9 Å². The average Bonchev–Trinajstić information content (AvgIpc) is 3.09. The quantitative estimate of drug-likeness (QED) is 0.750. The lowest BCUT2D eigenvalue weighted by Crippen LogP contribution is -2.37. The lowest BCUT2D eigenvalue weighted by molar-refractivity contribution is -0.117. The Morgan fingerprint density at radius 3 is 2.21 bits per heavy atom. The zero-order valence-electron chi connectivity index (χ0n) is 15.1. The zero-order chi connectivity index (χ0) is 19.5. The van der Waals surface area contributed by atoms with Crippen LogP contribution in [0.1, 0.15) is 16.8 Å². The van der Waals surface area contributed by atoms with Crippen LogP contribution in [-0.4, -0.2) is 24.4 Å². The molecular weight excluding hydrogens is 355 g/mol. The van der Waals surface area contributed by atoms with Gasteiger partial charge in [-0.3, -0.25) is 9.59 Å². The molecule has 1 fully saturated rings. The van der Waals surface area contributed by atoms with Crippen molar-refractivity contribution >= 4 is 17.5 Å². The highest BCUT2D eigenvalue weighted by molar-refractivity contribution is 5.99. The van der Waals surface area contributed by atoms with E-state index in [1.807, 2.05) is 42.5 Å². The third kappa shape index (κ3) is 3.78. The molecule has 1 aliphatic rings. The predicted molar refractivity (Wildman–Crippen MR) is 107 cm³/mol. The van der Waals surface area contributed by atoms with E-state index in [-0.39, 0.29) is 30.1 Å². The van der Waals surface area contributed by atoms with Crippen LogP contribution in [0.5, 0.6) is 0 Å². The lowest BCUT2D eigenvalue weighted by Gasteiger charge is -2.17. The van der Waals surface area contributed by atoms with Gasteiger partial charge in [-0.05, 0) is 47.5 Å². The van der Waals surface area contributed by atoms with Crippen molar-refractivity contribution in [3.05, 3.63) is 90.2 Å². The van der Waals surface area contributed by atoms with E-state index in [0.29, 0.717) is 17.8 Å². The van der Waals surface area contributed by atoms with Crippen molar-refractivity contribution in [1.29, 1.82) is 0 Å². The Kier molecular flexibility index (Phi) is 4.89. The molecule has 1 aliphatic heterocycles. The molecule has 28 heavy (non-hydrogen) atoms. The standard InChI is InChI=1S/C23H19FN2O2/c24-19-10-12-21(13-11-19)26-15-20(14-22(26)27)25-23(28)18-8-6-17(7-9-18)16-4-2-1-3-5-16/h1-13,20H,14-15H2,(H,25,28). The number of amides is 2. The van der Waals surface area contributed by atoms with Crippen LogP contribution in [0.2, 0.25) is 0 Å². The Labute approximate surface area is 162 Å². The van der Waals surface area contributed by atoms with Gasteiger partial charge in [-0.1, -0.05) is 42.5 Å². The van der Waals surface area contributed by atoms with Crippen molar-refractivity contribution in [2.24, 2.45) is 0 Å². The van der Waals surface area contributed by atoms with Crippen molar-refractivity contribution in [2.45, 2.75) is 12.5 Å². The van der Waals surface area contributed by atoms with Crippen molar-refractivity contribution in [2.75, 3.05) is 11.4 Å². The molecule has 1 atom stereocenters. The molecule has 0 radical (unpaired) electrons. The summed E-state index contributed by atoms with van der Waals surface area (Å²) in [6.07, 6.45) is 0.227. The first-order valence-corrected chi connectivity index (χ1v) is 9.12. The maximum absolute atomic E-state index is 13.1. The number of halogens is 1. The van der Waals surface area contributed by atoms with Crippen LogP contribution in [0.4, 0.5) is 10.1 Å². The van der Waals surface area contributed by atoms with Gasteiger partial charge >= 0.3 is 0 Å². The van der Waals surface area contributed by atoms with Gasteiger partial charge in [0.05, 0.1) is 6.04 Å². The predicted octanol–water partition coefficient (Wildman–Crippen LogP) is 4.03. The van der Waals surface area contributed by atoms with Crippen LogP contribution in [0.3, 0.4) is 0 Å². The van der Waals surface area contributed by atoms with E-state index in [0.717, 1.165) is 11.1 Å². The summed E-state index contributed by atoms with van der Waals surface area (Å²) in [6, 6.07) is 22.8. The molecule has 1 saturated heterocycles. The molecule has 3 aromatic carbocycles. The normalized spacial score (nSPS) is 16.2. The Bertz CT molecular complexity index is 985. The van der Waals surface area contributed by atoms with Crippen molar-refractivity contribution in [3.8, 4) is 11.1 Å². The minimum Gasteiger partial charge on any atom is -0.347 e. The summed E-state index contributed by atoms with van der Waals surface area (Å²) in [4.78, 5) is 26.4. The topological polar surface area (TPSA) is 49.4 Å². The fourth-order valence-electron chi connectivity index (χ4n) is 3.39. The van der Waals surface area contributed by atoms with Gasteiger partial charge in [0.2, 0.25) is 5.91 Å². The van der Waals surface area contributed by atoms with Crippen molar-refractivity contribution < 1.29 is 14.0 Å². The molecule has 2 amide bonds. The number of carbonyl (C=O) groups excluding carboxylic acids is 2. The van der Waals surface area contributed by atoms with E-state index in [2.05, 4.69) is 5.32 Å². The van der Waals surface area contributed by atoms with Crippen LogP contribution >= 0.6 is 0 Å².